The monoisotopic (exact) mass is 497 g/mol. The van der Waals surface area contributed by atoms with Gasteiger partial charge in [-0.15, -0.1) is 0 Å². The Morgan fingerprint density at radius 3 is 2.74 bits per heavy atom. The molecule has 5 rings (SSSR count). The molecule has 184 valence electrons. The average molecular weight is 498 g/mol. The van der Waals surface area contributed by atoms with Crippen LogP contribution in [0.5, 0.6) is 11.5 Å². The molecule has 3 heterocycles. The summed E-state index contributed by atoms with van der Waals surface area (Å²) in [7, 11) is 3.68. The summed E-state index contributed by atoms with van der Waals surface area (Å²) < 4.78 is 17.6. The van der Waals surface area contributed by atoms with E-state index in [0.29, 0.717) is 39.5 Å². The van der Waals surface area contributed by atoms with Crippen LogP contribution >= 0.6 is 11.6 Å². The average Bonchev–Trinajstić information content (AvgIpc) is 3.26. The predicted octanol–water partition coefficient (Wildman–Crippen LogP) is 4.21. The molecule has 0 bridgehead atoms. The van der Waals surface area contributed by atoms with Gasteiger partial charge in [-0.25, -0.2) is 4.79 Å². The van der Waals surface area contributed by atoms with E-state index >= 15 is 0 Å². The van der Waals surface area contributed by atoms with Crippen molar-refractivity contribution < 1.29 is 18.7 Å². The van der Waals surface area contributed by atoms with Gasteiger partial charge in [-0.1, -0.05) is 11.6 Å². The Kier molecular flexibility index (Phi) is 6.34. The number of aryl methyl sites for hydroxylation is 1. The van der Waals surface area contributed by atoms with Gasteiger partial charge in [0.15, 0.2) is 11.5 Å². The number of halogens is 1. The predicted molar refractivity (Wildman–Crippen MR) is 136 cm³/mol. The number of methoxy groups -OCH3 is 1. The summed E-state index contributed by atoms with van der Waals surface area (Å²) in [5, 5.41) is 7.14. The molecular formula is C26H28ClN3O5. The minimum Gasteiger partial charge on any atom is -0.493 e. The molecule has 1 unspecified atom stereocenters. The van der Waals surface area contributed by atoms with Crippen LogP contribution in [0.3, 0.4) is 0 Å². The Morgan fingerprint density at radius 1 is 1.23 bits per heavy atom. The molecule has 0 radical (unpaired) electrons. The standard InChI is InChI=1S/C26H28ClN3O5/c1-14-23-16(13-22(33-3)24(14)34-18-6-8-30(2)9-7-18)12-21(26(32)35-23)29-25(31)20-11-15-10-17(27)4-5-19(15)28-20/h4-5,10,12-13,18,20,28H,6-9,11H2,1-3H3,(H,29,31). The highest BCUT2D eigenvalue weighted by Gasteiger charge is 2.28. The van der Waals surface area contributed by atoms with E-state index < -0.39 is 11.7 Å². The number of piperidine rings is 1. The normalized spacial score (nSPS) is 18.2. The number of hydrogen-bond donors (Lipinski definition) is 2. The van der Waals surface area contributed by atoms with Crippen LogP contribution < -0.4 is 25.7 Å². The number of rotatable bonds is 5. The van der Waals surface area contributed by atoms with Gasteiger partial charge in [0.1, 0.15) is 23.4 Å². The van der Waals surface area contributed by atoms with Gasteiger partial charge in [0.05, 0.1) is 7.11 Å². The number of fused-ring (bicyclic) bond motifs is 2. The molecule has 3 aromatic rings. The molecule has 0 aliphatic carbocycles. The summed E-state index contributed by atoms with van der Waals surface area (Å²) in [5.41, 5.74) is 2.38. The second-order valence-corrected chi connectivity index (χ2v) is 9.65. The number of carbonyl (C=O) groups excluding carboxylic acids is 1. The van der Waals surface area contributed by atoms with Gasteiger partial charge in [-0.3, -0.25) is 4.79 Å². The Hall–Kier alpha value is -3.23. The Morgan fingerprint density at radius 2 is 2.00 bits per heavy atom. The van der Waals surface area contributed by atoms with Crippen molar-refractivity contribution in [2.24, 2.45) is 0 Å². The molecule has 1 fully saturated rings. The number of carbonyl (C=O) groups is 1. The molecule has 0 saturated carbocycles. The zero-order chi connectivity index (χ0) is 24.7. The summed E-state index contributed by atoms with van der Waals surface area (Å²) in [6, 6.07) is 8.33. The molecule has 35 heavy (non-hydrogen) atoms. The highest BCUT2D eigenvalue weighted by molar-refractivity contribution is 6.30. The van der Waals surface area contributed by atoms with Gasteiger partial charge >= 0.3 is 5.63 Å². The number of ether oxygens (including phenoxy) is 2. The quantitative estimate of drug-likeness (QED) is 0.510. The Balaban J connectivity index is 1.39. The highest BCUT2D eigenvalue weighted by Crippen LogP contribution is 2.39. The molecule has 0 spiro atoms. The second-order valence-electron chi connectivity index (χ2n) is 9.21. The van der Waals surface area contributed by atoms with Crippen LogP contribution in [-0.2, 0) is 11.2 Å². The van der Waals surface area contributed by atoms with Crippen molar-refractivity contribution in [3.05, 3.63) is 56.9 Å². The number of amides is 1. The van der Waals surface area contributed by atoms with Gasteiger partial charge in [0, 0.05) is 41.2 Å². The fraction of sp³-hybridized carbons (Fsp3) is 0.385. The minimum atomic E-state index is -0.622. The molecule has 1 saturated heterocycles. The van der Waals surface area contributed by atoms with Gasteiger partial charge in [0.2, 0.25) is 5.91 Å². The fourth-order valence-corrected chi connectivity index (χ4v) is 4.94. The topological polar surface area (TPSA) is 93.0 Å². The van der Waals surface area contributed by atoms with Crippen molar-refractivity contribution in [2.75, 3.05) is 37.9 Å². The molecule has 1 amide bonds. The molecule has 1 atom stereocenters. The first kappa shape index (κ1) is 23.5. The van der Waals surface area contributed by atoms with Crippen molar-refractivity contribution in [1.29, 1.82) is 0 Å². The van der Waals surface area contributed by atoms with Crippen molar-refractivity contribution in [3.63, 3.8) is 0 Å². The first-order valence-corrected chi connectivity index (χ1v) is 12.1. The van der Waals surface area contributed by atoms with Crippen LogP contribution in [-0.4, -0.2) is 50.2 Å². The molecule has 2 N–H and O–H groups in total. The SMILES string of the molecule is COc1cc2cc(NC(=O)C3Cc4cc(Cl)ccc4N3)c(=O)oc2c(C)c1OC1CCN(C)CC1. The maximum absolute atomic E-state index is 12.9. The van der Waals surface area contributed by atoms with E-state index in [4.69, 9.17) is 25.5 Å². The fourth-order valence-electron chi connectivity index (χ4n) is 4.74. The van der Waals surface area contributed by atoms with Crippen LogP contribution in [0.2, 0.25) is 5.02 Å². The minimum absolute atomic E-state index is 0.0689. The molecular weight excluding hydrogens is 470 g/mol. The third kappa shape index (κ3) is 4.68. The molecule has 8 nitrogen and oxygen atoms in total. The first-order chi connectivity index (χ1) is 16.8. The number of nitrogens with one attached hydrogen (secondary N) is 2. The molecule has 2 aliphatic rings. The lowest BCUT2D eigenvalue weighted by Gasteiger charge is -2.30. The van der Waals surface area contributed by atoms with E-state index in [1.54, 1.807) is 25.3 Å². The number of nitrogens with zero attached hydrogens (tertiary/aromatic N) is 1. The zero-order valence-corrected chi connectivity index (χ0v) is 20.7. The largest absolute Gasteiger partial charge is 0.493 e. The van der Waals surface area contributed by atoms with Crippen LogP contribution in [0.4, 0.5) is 11.4 Å². The summed E-state index contributed by atoms with van der Waals surface area (Å²) in [6.45, 7) is 3.78. The van der Waals surface area contributed by atoms with E-state index in [2.05, 4.69) is 22.6 Å². The second kappa shape index (κ2) is 9.43. The summed E-state index contributed by atoms with van der Waals surface area (Å²) in [6.07, 6.45) is 2.37. The molecule has 9 heteroatoms. The number of benzene rings is 2. The van der Waals surface area contributed by atoms with Crippen LogP contribution in [0.1, 0.15) is 24.0 Å². The van der Waals surface area contributed by atoms with Crippen molar-refractivity contribution in [3.8, 4) is 11.5 Å². The van der Waals surface area contributed by atoms with E-state index in [-0.39, 0.29) is 17.7 Å². The lowest BCUT2D eigenvalue weighted by atomic mass is 10.1. The van der Waals surface area contributed by atoms with Gasteiger partial charge in [0.25, 0.3) is 0 Å². The number of likely N-dealkylation sites (tertiary alicyclic amines) is 1. The van der Waals surface area contributed by atoms with Crippen LogP contribution in [0.25, 0.3) is 11.0 Å². The molecule has 2 aromatic carbocycles. The third-order valence-electron chi connectivity index (χ3n) is 6.73. The zero-order valence-electron chi connectivity index (χ0n) is 19.9. The first-order valence-electron chi connectivity index (χ1n) is 11.7. The van der Waals surface area contributed by atoms with Gasteiger partial charge in [-0.2, -0.15) is 0 Å². The Bertz CT molecular complexity index is 1350. The third-order valence-corrected chi connectivity index (χ3v) is 6.97. The Labute approximate surface area is 208 Å². The summed E-state index contributed by atoms with van der Waals surface area (Å²) in [5.74, 6) is 0.820. The highest BCUT2D eigenvalue weighted by atomic mass is 35.5. The summed E-state index contributed by atoms with van der Waals surface area (Å²) >= 11 is 6.06. The maximum Gasteiger partial charge on any atom is 0.360 e. The lowest BCUT2D eigenvalue weighted by molar-refractivity contribution is -0.116. The summed E-state index contributed by atoms with van der Waals surface area (Å²) in [4.78, 5) is 28.0. The van der Waals surface area contributed by atoms with Gasteiger partial charge in [-0.05, 0) is 62.7 Å². The molecule has 1 aromatic heterocycles. The van der Waals surface area contributed by atoms with E-state index in [0.717, 1.165) is 37.2 Å². The molecule has 2 aliphatic heterocycles. The van der Waals surface area contributed by atoms with Crippen LogP contribution in [0.15, 0.2) is 39.5 Å². The van der Waals surface area contributed by atoms with Crippen molar-refractivity contribution in [2.45, 2.75) is 38.3 Å². The van der Waals surface area contributed by atoms with Crippen molar-refractivity contribution in [1.82, 2.24) is 4.90 Å². The van der Waals surface area contributed by atoms with Crippen LogP contribution in [0, 0.1) is 6.92 Å². The maximum atomic E-state index is 12.9. The van der Waals surface area contributed by atoms with E-state index in [9.17, 15) is 9.59 Å². The lowest BCUT2D eigenvalue weighted by Crippen LogP contribution is -2.35. The number of hydrogen-bond acceptors (Lipinski definition) is 7. The van der Waals surface area contributed by atoms with E-state index in [1.165, 1.54) is 0 Å². The van der Waals surface area contributed by atoms with Crippen molar-refractivity contribution >= 4 is 39.9 Å². The van der Waals surface area contributed by atoms with Gasteiger partial charge < -0.3 is 29.4 Å². The van der Waals surface area contributed by atoms with E-state index in [1.807, 2.05) is 19.1 Å². The smallest absolute Gasteiger partial charge is 0.360 e. The number of anilines is 2.